The highest BCUT2D eigenvalue weighted by Crippen LogP contribution is 2.44. The molecule has 0 aliphatic heterocycles. The highest BCUT2D eigenvalue weighted by Gasteiger charge is 2.22. The van der Waals surface area contributed by atoms with Gasteiger partial charge in [-0.05, 0) is 101 Å². The lowest BCUT2D eigenvalue weighted by Crippen LogP contribution is -2.10. The molecule has 0 bridgehead atoms. The van der Waals surface area contributed by atoms with Crippen LogP contribution in [0.5, 0.6) is 0 Å². The Labute approximate surface area is 343 Å². The van der Waals surface area contributed by atoms with Gasteiger partial charge in [-0.2, -0.15) is 0 Å². The van der Waals surface area contributed by atoms with Crippen molar-refractivity contribution in [2.75, 3.05) is 4.90 Å². The molecule has 0 spiro atoms. The van der Waals surface area contributed by atoms with E-state index in [4.69, 9.17) is 4.98 Å². The average molecular weight is 755 g/mol. The number of hydrogen-bond acceptors (Lipinski definition) is 2. The Balaban J connectivity index is 1.07. The maximum absolute atomic E-state index is 5.08. The SMILES string of the molecule is c1ccc(-c2ccc(N(c3ccc(-c4ccccc4)cc3)c3cccc4c3c3ccccc3n4-c3ccc(-n4c(-c5ccccc5)nc5ccccc54)cc3)cc2)cc1. The molecule has 2 aromatic heterocycles. The molecule has 0 aliphatic carbocycles. The van der Waals surface area contributed by atoms with Gasteiger partial charge in [-0.3, -0.25) is 4.57 Å². The number of nitrogens with zero attached hydrogens (tertiary/aromatic N) is 4. The van der Waals surface area contributed by atoms with E-state index in [9.17, 15) is 0 Å². The molecule has 4 heteroatoms. The summed E-state index contributed by atoms with van der Waals surface area (Å²) in [5.74, 6) is 0.926. The summed E-state index contributed by atoms with van der Waals surface area (Å²) in [6, 6.07) is 82.2. The maximum atomic E-state index is 5.08. The Morgan fingerprint density at radius 2 is 0.780 bits per heavy atom. The Morgan fingerprint density at radius 3 is 1.37 bits per heavy atom. The Morgan fingerprint density at radius 1 is 0.322 bits per heavy atom. The third-order valence-electron chi connectivity index (χ3n) is 11.3. The number of aromatic nitrogens is 3. The van der Waals surface area contributed by atoms with Gasteiger partial charge in [0.2, 0.25) is 0 Å². The van der Waals surface area contributed by atoms with Gasteiger partial charge in [0, 0.05) is 39.1 Å². The predicted molar refractivity (Wildman–Crippen MR) is 246 cm³/mol. The number of anilines is 3. The minimum Gasteiger partial charge on any atom is -0.310 e. The van der Waals surface area contributed by atoms with Crippen molar-refractivity contribution in [1.82, 2.24) is 14.1 Å². The zero-order valence-corrected chi connectivity index (χ0v) is 32.2. The molecule has 0 saturated heterocycles. The second-order valence-corrected chi connectivity index (χ2v) is 14.8. The van der Waals surface area contributed by atoms with E-state index in [1.165, 1.54) is 33.0 Å². The first-order valence-electron chi connectivity index (χ1n) is 20.1. The van der Waals surface area contributed by atoms with Gasteiger partial charge in [0.1, 0.15) is 5.82 Å². The molecule has 0 N–H and O–H groups in total. The average Bonchev–Trinajstić information content (AvgIpc) is 3.88. The summed E-state index contributed by atoms with van der Waals surface area (Å²) in [6.45, 7) is 0. The normalized spacial score (nSPS) is 11.4. The number of benzene rings is 9. The fourth-order valence-corrected chi connectivity index (χ4v) is 8.58. The Kier molecular flexibility index (Phi) is 8.45. The minimum atomic E-state index is 0.926. The van der Waals surface area contributed by atoms with Gasteiger partial charge >= 0.3 is 0 Å². The van der Waals surface area contributed by atoms with Crippen LogP contribution in [0.15, 0.2) is 231 Å². The van der Waals surface area contributed by atoms with Crippen LogP contribution in [0, 0.1) is 0 Å². The van der Waals surface area contributed by atoms with Crippen molar-refractivity contribution >= 4 is 49.9 Å². The third-order valence-corrected chi connectivity index (χ3v) is 11.3. The highest BCUT2D eigenvalue weighted by molar-refractivity contribution is 6.16. The van der Waals surface area contributed by atoms with Crippen molar-refractivity contribution in [3.05, 3.63) is 231 Å². The molecule has 0 radical (unpaired) electrons. The summed E-state index contributed by atoms with van der Waals surface area (Å²) < 4.78 is 4.67. The van der Waals surface area contributed by atoms with Gasteiger partial charge in [0.15, 0.2) is 0 Å². The molecule has 9 aromatic carbocycles. The number of imidazole rings is 1. The molecule has 11 aromatic rings. The van der Waals surface area contributed by atoms with Crippen molar-refractivity contribution in [3.8, 4) is 45.0 Å². The minimum absolute atomic E-state index is 0.926. The second kappa shape index (κ2) is 14.5. The topological polar surface area (TPSA) is 26.0 Å². The maximum Gasteiger partial charge on any atom is 0.145 e. The molecule has 0 atom stereocenters. The molecular weight excluding hydrogens is 717 g/mol. The van der Waals surface area contributed by atoms with Crippen LogP contribution in [0.25, 0.3) is 77.9 Å². The lowest BCUT2D eigenvalue weighted by molar-refractivity contribution is 1.09. The summed E-state index contributed by atoms with van der Waals surface area (Å²) in [6.07, 6.45) is 0. The first kappa shape index (κ1) is 34.3. The first-order valence-corrected chi connectivity index (χ1v) is 20.1. The van der Waals surface area contributed by atoms with Crippen LogP contribution in [0.2, 0.25) is 0 Å². The molecule has 0 saturated carbocycles. The van der Waals surface area contributed by atoms with Crippen LogP contribution in [-0.4, -0.2) is 14.1 Å². The molecular formula is C55H38N4. The monoisotopic (exact) mass is 754 g/mol. The summed E-state index contributed by atoms with van der Waals surface area (Å²) >= 11 is 0. The fourth-order valence-electron chi connectivity index (χ4n) is 8.58. The van der Waals surface area contributed by atoms with Crippen LogP contribution in [-0.2, 0) is 0 Å². The van der Waals surface area contributed by atoms with Crippen LogP contribution < -0.4 is 4.90 Å². The van der Waals surface area contributed by atoms with E-state index < -0.39 is 0 Å². The Bertz CT molecular complexity index is 3140. The largest absolute Gasteiger partial charge is 0.310 e. The van der Waals surface area contributed by atoms with Gasteiger partial charge in [-0.15, -0.1) is 0 Å². The molecule has 4 nitrogen and oxygen atoms in total. The molecule has 0 aliphatic rings. The predicted octanol–water partition coefficient (Wildman–Crippen LogP) is 14.6. The quantitative estimate of drug-likeness (QED) is 0.154. The highest BCUT2D eigenvalue weighted by atomic mass is 15.1. The number of fused-ring (bicyclic) bond motifs is 4. The lowest BCUT2D eigenvalue weighted by atomic mass is 10.0. The van der Waals surface area contributed by atoms with Gasteiger partial charge < -0.3 is 9.47 Å². The number of para-hydroxylation sites is 3. The van der Waals surface area contributed by atoms with E-state index in [0.29, 0.717) is 0 Å². The van der Waals surface area contributed by atoms with Crippen LogP contribution in [0.4, 0.5) is 17.1 Å². The van der Waals surface area contributed by atoms with Crippen molar-refractivity contribution in [2.45, 2.75) is 0 Å². The van der Waals surface area contributed by atoms with E-state index in [1.54, 1.807) is 0 Å². The zero-order chi connectivity index (χ0) is 39.1. The van der Waals surface area contributed by atoms with Crippen LogP contribution in [0.1, 0.15) is 0 Å². The molecule has 2 heterocycles. The summed E-state index contributed by atoms with van der Waals surface area (Å²) in [5, 5.41) is 2.39. The van der Waals surface area contributed by atoms with Crippen LogP contribution in [0.3, 0.4) is 0 Å². The summed E-state index contributed by atoms with van der Waals surface area (Å²) in [5.41, 5.74) is 15.6. The number of hydrogen-bond donors (Lipinski definition) is 0. The smallest absolute Gasteiger partial charge is 0.145 e. The summed E-state index contributed by atoms with van der Waals surface area (Å²) in [7, 11) is 0. The lowest BCUT2D eigenvalue weighted by Gasteiger charge is -2.27. The van der Waals surface area contributed by atoms with Crippen molar-refractivity contribution in [2.24, 2.45) is 0 Å². The van der Waals surface area contributed by atoms with Crippen molar-refractivity contribution < 1.29 is 0 Å². The summed E-state index contributed by atoms with van der Waals surface area (Å²) in [4.78, 5) is 7.49. The number of rotatable bonds is 8. The van der Waals surface area contributed by atoms with Gasteiger partial charge in [0.05, 0.1) is 27.8 Å². The molecule has 278 valence electrons. The third kappa shape index (κ3) is 6.06. The Hall–Kier alpha value is -7.95. The second-order valence-electron chi connectivity index (χ2n) is 14.8. The zero-order valence-electron chi connectivity index (χ0n) is 32.2. The molecule has 0 amide bonds. The molecule has 59 heavy (non-hydrogen) atoms. The van der Waals surface area contributed by atoms with E-state index in [1.807, 2.05) is 6.07 Å². The van der Waals surface area contributed by atoms with E-state index >= 15 is 0 Å². The van der Waals surface area contributed by atoms with Crippen molar-refractivity contribution in [3.63, 3.8) is 0 Å². The van der Waals surface area contributed by atoms with E-state index in [2.05, 4.69) is 238 Å². The van der Waals surface area contributed by atoms with Crippen molar-refractivity contribution in [1.29, 1.82) is 0 Å². The fraction of sp³-hybridized carbons (Fsp3) is 0. The standard InChI is InChI=1S/C55H38N4/c1-4-15-39(16-5-1)41-27-31-44(32-28-41)57(45-33-29-42(30-34-45)40-17-6-2-7-18-40)52-25-14-26-53-54(52)48-21-10-12-23-50(48)58(53)46-35-37-47(38-36-46)59-51-24-13-11-22-49(51)56-55(59)43-19-8-3-9-20-43/h1-38H. The molecule has 0 unspecified atom stereocenters. The van der Waals surface area contributed by atoms with Crippen LogP contribution >= 0.6 is 0 Å². The van der Waals surface area contributed by atoms with Gasteiger partial charge in [-0.1, -0.05) is 152 Å². The van der Waals surface area contributed by atoms with Gasteiger partial charge in [-0.25, -0.2) is 4.98 Å². The van der Waals surface area contributed by atoms with E-state index in [0.717, 1.165) is 61.9 Å². The molecule has 11 rings (SSSR count). The first-order chi connectivity index (χ1) is 29.3. The van der Waals surface area contributed by atoms with Gasteiger partial charge in [0.25, 0.3) is 0 Å². The molecule has 0 fully saturated rings. The van der Waals surface area contributed by atoms with E-state index in [-0.39, 0.29) is 0 Å².